The number of aliphatic hydroxyl groups excluding tert-OH is 1. The Morgan fingerprint density at radius 3 is 2.54 bits per heavy atom. The SMILES string of the molecule is CCn1cc(CN2CCN(Cc3ccccc3)[C@@H](CCO)C2)c2ccccc21. The van der Waals surface area contributed by atoms with Crippen LogP contribution < -0.4 is 0 Å². The first kappa shape index (κ1) is 19.2. The number of nitrogens with zero attached hydrogens (tertiary/aromatic N) is 3. The van der Waals surface area contributed by atoms with Gasteiger partial charge in [-0.25, -0.2) is 0 Å². The van der Waals surface area contributed by atoms with E-state index in [1.54, 1.807) is 0 Å². The second-order valence-electron chi connectivity index (χ2n) is 7.81. The van der Waals surface area contributed by atoms with Crippen molar-refractivity contribution >= 4 is 10.9 Å². The first-order chi connectivity index (χ1) is 13.8. The van der Waals surface area contributed by atoms with E-state index in [1.165, 1.54) is 22.0 Å². The molecule has 28 heavy (non-hydrogen) atoms. The van der Waals surface area contributed by atoms with Crippen molar-refractivity contribution in [3.8, 4) is 0 Å². The molecule has 0 amide bonds. The molecule has 1 saturated heterocycles. The third kappa shape index (κ3) is 4.14. The van der Waals surface area contributed by atoms with Crippen molar-refractivity contribution in [1.82, 2.24) is 14.4 Å². The van der Waals surface area contributed by atoms with Gasteiger partial charge in [0.25, 0.3) is 0 Å². The van der Waals surface area contributed by atoms with Crippen LogP contribution in [-0.4, -0.2) is 51.8 Å². The smallest absolute Gasteiger partial charge is 0.0483 e. The molecule has 2 aromatic carbocycles. The van der Waals surface area contributed by atoms with Gasteiger partial charge in [-0.2, -0.15) is 0 Å². The minimum atomic E-state index is 0.249. The summed E-state index contributed by atoms with van der Waals surface area (Å²) >= 11 is 0. The second-order valence-corrected chi connectivity index (χ2v) is 7.81. The van der Waals surface area contributed by atoms with E-state index < -0.39 is 0 Å². The van der Waals surface area contributed by atoms with Crippen LogP contribution in [0.5, 0.6) is 0 Å². The molecule has 3 aromatic rings. The maximum absolute atomic E-state index is 9.61. The van der Waals surface area contributed by atoms with E-state index in [0.717, 1.165) is 45.7 Å². The Hall–Kier alpha value is -2.14. The van der Waals surface area contributed by atoms with Crippen LogP contribution in [0.25, 0.3) is 10.9 Å². The molecule has 4 heteroatoms. The number of piperazine rings is 1. The third-order valence-corrected chi connectivity index (χ3v) is 5.99. The van der Waals surface area contributed by atoms with Crippen molar-refractivity contribution in [2.75, 3.05) is 26.2 Å². The Morgan fingerprint density at radius 1 is 0.964 bits per heavy atom. The molecule has 0 spiro atoms. The molecular formula is C24H31N3O. The molecule has 0 aliphatic carbocycles. The lowest BCUT2D eigenvalue weighted by molar-refractivity contribution is 0.0501. The summed E-state index contributed by atoms with van der Waals surface area (Å²) in [6, 6.07) is 19.8. The maximum Gasteiger partial charge on any atom is 0.0483 e. The first-order valence-electron chi connectivity index (χ1n) is 10.5. The Bertz CT molecular complexity index is 889. The second kappa shape index (κ2) is 8.91. The van der Waals surface area contributed by atoms with Crippen LogP contribution in [0.1, 0.15) is 24.5 Å². The summed E-state index contributed by atoms with van der Waals surface area (Å²) < 4.78 is 2.35. The Balaban J connectivity index is 1.47. The van der Waals surface area contributed by atoms with E-state index in [9.17, 15) is 5.11 Å². The molecule has 1 aliphatic rings. The molecule has 148 valence electrons. The highest BCUT2D eigenvalue weighted by atomic mass is 16.3. The zero-order valence-electron chi connectivity index (χ0n) is 16.8. The number of hydrogen-bond donors (Lipinski definition) is 1. The summed E-state index contributed by atoms with van der Waals surface area (Å²) in [5.41, 5.74) is 4.09. The van der Waals surface area contributed by atoms with Crippen LogP contribution in [0, 0.1) is 0 Å². The fourth-order valence-electron chi connectivity index (χ4n) is 4.50. The van der Waals surface area contributed by atoms with Crippen molar-refractivity contribution in [3.05, 3.63) is 71.9 Å². The van der Waals surface area contributed by atoms with Crippen LogP contribution in [-0.2, 0) is 19.6 Å². The standard InChI is InChI=1S/C24H31N3O/c1-2-26-18-21(23-10-6-7-11-24(23)26)17-25-13-14-27(22(19-25)12-15-28)16-20-8-4-3-5-9-20/h3-11,18,22,28H,2,12-17,19H2,1H3/t22-/m0/s1. The molecule has 1 aromatic heterocycles. The van der Waals surface area contributed by atoms with Crippen molar-refractivity contribution in [3.63, 3.8) is 0 Å². The van der Waals surface area contributed by atoms with E-state index in [0.29, 0.717) is 6.04 Å². The number of aliphatic hydroxyl groups is 1. The van der Waals surface area contributed by atoms with Crippen molar-refractivity contribution in [2.45, 2.75) is 39.0 Å². The van der Waals surface area contributed by atoms with Crippen LogP contribution in [0.2, 0.25) is 0 Å². The maximum atomic E-state index is 9.61. The average Bonchev–Trinajstić information content (AvgIpc) is 3.09. The van der Waals surface area contributed by atoms with Gasteiger partial charge < -0.3 is 9.67 Å². The minimum Gasteiger partial charge on any atom is -0.396 e. The molecule has 1 aliphatic heterocycles. The van der Waals surface area contributed by atoms with Crippen LogP contribution in [0.3, 0.4) is 0 Å². The van der Waals surface area contributed by atoms with Gasteiger partial charge in [0.1, 0.15) is 0 Å². The number of fused-ring (bicyclic) bond motifs is 1. The first-order valence-corrected chi connectivity index (χ1v) is 10.5. The van der Waals surface area contributed by atoms with Gasteiger partial charge in [-0.3, -0.25) is 9.80 Å². The Labute approximate surface area is 168 Å². The third-order valence-electron chi connectivity index (χ3n) is 5.99. The molecule has 0 saturated carbocycles. The summed E-state index contributed by atoms with van der Waals surface area (Å²) in [6.45, 7) is 8.53. The van der Waals surface area contributed by atoms with Gasteiger partial charge >= 0.3 is 0 Å². The molecule has 0 radical (unpaired) electrons. The summed E-state index contributed by atoms with van der Waals surface area (Å²) in [5.74, 6) is 0. The highest BCUT2D eigenvalue weighted by Gasteiger charge is 2.27. The number of rotatable bonds is 7. The fourth-order valence-corrected chi connectivity index (χ4v) is 4.50. The Morgan fingerprint density at radius 2 is 1.75 bits per heavy atom. The molecular weight excluding hydrogens is 346 g/mol. The zero-order valence-corrected chi connectivity index (χ0v) is 16.8. The monoisotopic (exact) mass is 377 g/mol. The quantitative estimate of drug-likeness (QED) is 0.681. The van der Waals surface area contributed by atoms with Gasteiger partial charge in [0.15, 0.2) is 0 Å². The van der Waals surface area contributed by atoms with E-state index in [4.69, 9.17) is 0 Å². The normalized spacial score (nSPS) is 18.7. The van der Waals surface area contributed by atoms with Gasteiger partial charge in [-0.15, -0.1) is 0 Å². The summed E-state index contributed by atoms with van der Waals surface area (Å²) in [6.07, 6.45) is 3.15. The predicted molar refractivity (Wildman–Crippen MR) is 115 cm³/mol. The number of hydrogen-bond acceptors (Lipinski definition) is 3. The van der Waals surface area contributed by atoms with Crippen LogP contribution in [0.4, 0.5) is 0 Å². The average molecular weight is 378 g/mol. The van der Waals surface area contributed by atoms with Gasteiger partial charge in [0.2, 0.25) is 0 Å². The lowest BCUT2D eigenvalue weighted by Gasteiger charge is -2.41. The summed E-state index contributed by atoms with van der Waals surface area (Å²) in [4.78, 5) is 5.10. The number of benzene rings is 2. The van der Waals surface area contributed by atoms with E-state index in [2.05, 4.69) is 82.1 Å². The molecule has 1 fully saturated rings. The lowest BCUT2D eigenvalue weighted by Crippen LogP contribution is -2.52. The Kier molecular flexibility index (Phi) is 6.10. The van der Waals surface area contributed by atoms with E-state index in [1.807, 2.05) is 0 Å². The van der Waals surface area contributed by atoms with Crippen LogP contribution >= 0.6 is 0 Å². The molecule has 1 N–H and O–H groups in total. The fraction of sp³-hybridized carbons (Fsp3) is 0.417. The van der Waals surface area contributed by atoms with Crippen molar-refractivity contribution < 1.29 is 5.11 Å². The largest absolute Gasteiger partial charge is 0.396 e. The number of para-hydroxylation sites is 1. The molecule has 0 bridgehead atoms. The van der Waals surface area contributed by atoms with E-state index in [-0.39, 0.29) is 6.61 Å². The van der Waals surface area contributed by atoms with E-state index >= 15 is 0 Å². The number of aromatic nitrogens is 1. The molecule has 1 atom stereocenters. The molecule has 2 heterocycles. The van der Waals surface area contributed by atoms with Gasteiger partial charge in [-0.1, -0.05) is 48.5 Å². The van der Waals surface area contributed by atoms with Gasteiger partial charge in [0, 0.05) is 69.0 Å². The highest BCUT2D eigenvalue weighted by molar-refractivity contribution is 5.83. The summed E-state index contributed by atoms with van der Waals surface area (Å²) in [7, 11) is 0. The van der Waals surface area contributed by atoms with Crippen molar-refractivity contribution in [1.29, 1.82) is 0 Å². The zero-order chi connectivity index (χ0) is 19.3. The topological polar surface area (TPSA) is 31.6 Å². The molecule has 0 unspecified atom stereocenters. The molecule has 4 rings (SSSR count). The lowest BCUT2D eigenvalue weighted by atomic mass is 10.1. The predicted octanol–water partition coefficient (Wildman–Crippen LogP) is 3.73. The van der Waals surface area contributed by atoms with Crippen LogP contribution in [0.15, 0.2) is 60.8 Å². The van der Waals surface area contributed by atoms with Crippen molar-refractivity contribution in [2.24, 2.45) is 0 Å². The minimum absolute atomic E-state index is 0.249. The molecule has 4 nitrogen and oxygen atoms in total. The van der Waals surface area contributed by atoms with Gasteiger partial charge in [0.05, 0.1) is 0 Å². The highest BCUT2D eigenvalue weighted by Crippen LogP contribution is 2.24. The number of aryl methyl sites for hydroxylation is 1. The van der Waals surface area contributed by atoms with Gasteiger partial charge in [-0.05, 0) is 30.5 Å². The summed E-state index contributed by atoms with van der Waals surface area (Å²) in [5, 5.41) is 11.0.